The van der Waals surface area contributed by atoms with Gasteiger partial charge in [-0.1, -0.05) is 51.2 Å². The number of benzene rings is 2. The largest absolute Gasteiger partial charge is 0.323 e. The van der Waals surface area contributed by atoms with Gasteiger partial charge in [0, 0.05) is 10.0 Å². The molecule has 6 nitrogen and oxygen atoms in total. The molecule has 0 saturated carbocycles. The Labute approximate surface area is 170 Å². The van der Waals surface area contributed by atoms with Gasteiger partial charge in [-0.15, -0.1) is 10.2 Å². The Morgan fingerprint density at radius 3 is 2.56 bits per heavy atom. The zero-order valence-electron chi connectivity index (χ0n) is 13.6. The first-order valence-corrected chi connectivity index (χ1v) is 10.2. The van der Waals surface area contributed by atoms with Gasteiger partial charge in [0.2, 0.25) is 11.0 Å². The summed E-state index contributed by atoms with van der Waals surface area (Å²) in [4.78, 5) is 24.1. The lowest BCUT2D eigenvalue weighted by Crippen LogP contribution is -2.14. The van der Waals surface area contributed by atoms with Crippen molar-refractivity contribution < 1.29 is 14.0 Å². The zero-order chi connectivity index (χ0) is 19.2. The van der Waals surface area contributed by atoms with Crippen molar-refractivity contribution in [3.8, 4) is 0 Å². The van der Waals surface area contributed by atoms with Gasteiger partial charge in [0.05, 0.1) is 11.4 Å². The fourth-order valence-corrected chi connectivity index (χ4v) is 3.78. The Balaban J connectivity index is 1.52. The topological polar surface area (TPSA) is 84.0 Å². The van der Waals surface area contributed by atoms with E-state index in [4.69, 9.17) is 0 Å². The molecule has 10 heteroatoms. The maximum atomic E-state index is 13.5. The molecule has 138 valence electrons. The SMILES string of the molecule is O=C(CSc1nnc(NC(=O)c2ccc(Br)cc2)s1)Nc1ccccc1F. The molecular weight excluding hydrogens is 455 g/mol. The quantitative estimate of drug-likeness (QED) is 0.414. The van der Waals surface area contributed by atoms with Crippen LogP contribution < -0.4 is 10.6 Å². The summed E-state index contributed by atoms with van der Waals surface area (Å²) in [7, 11) is 0. The molecule has 0 spiro atoms. The first-order chi connectivity index (χ1) is 13.0. The minimum atomic E-state index is -0.496. The van der Waals surface area contributed by atoms with Crippen molar-refractivity contribution in [2.45, 2.75) is 4.34 Å². The van der Waals surface area contributed by atoms with Crippen molar-refractivity contribution in [3.05, 3.63) is 64.4 Å². The summed E-state index contributed by atoms with van der Waals surface area (Å²) >= 11 is 5.62. The van der Waals surface area contributed by atoms with E-state index in [2.05, 4.69) is 36.8 Å². The number of thioether (sulfide) groups is 1. The van der Waals surface area contributed by atoms with Gasteiger partial charge in [-0.25, -0.2) is 4.39 Å². The van der Waals surface area contributed by atoms with Gasteiger partial charge >= 0.3 is 0 Å². The number of nitrogens with zero attached hydrogens (tertiary/aromatic N) is 2. The molecule has 0 bridgehead atoms. The molecule has 0 fully saturated rings. The van der Waals surface area contributed by atoms with Gasteiger partial charge in [-0.3, -0.25) is 14.9 Å². The maximum Gasteiger partial charge on any atom is 0.257 e. The van der Waals surface area contributed by atoms with Gasteiger partial charge in [0.15, 0.2) is 4.34 Å². The average Bonchev–Trinajstić information content (AvgIpc) is 3.10. The van der Waals surface area contributed by atoms with Gasteiger partial charge in [-0.05, 0) is 36.4 Å². The van der Waals surface area contributed by atoms with E-state index >= 15 is 0 Å². The number of halogens is 2. The maximum absolute atomic E-state index is 13.5. The van der Waals surface area contributed by atoms with Crippen LogP contribution in [0.5, 0.6) is 0 Å². The number of carbonyl (C=O) groups is 2. The second kappa shape index (κ2) is 9.07. The number of aromatic nitrogens is 2. The Hall–Kier alpha value is -2.30. The van der Waals surface area contributed by atoms with Crippen molar-refractivity contribution in [1.82, 2.24) is 10.2 Å². The van der Waals surface area contributed by atoms with Crippen molar-refractivity contribution >= 4 is 61.7 Å². The first-order valence-electron chi connectivity index (χ1n) is 7.59. The van der Waals surface area contributed by atoms with Gasteiger partial charge in [0.25, 0.3) is 5.91 Å². The normalized spacial score (nSPS) is 10.4. The van der Waals surface area contributed by atoms with Gasteiger partial charge in [-0.2, -0.15) is 0 Å². The summed E-state index contributed by atoms with van der Waals surface area (Å²) < 4.78 is 14.9. The molecule has 0 radical (unpaired) electrons. The lowest BCUT2D eigenvalue weighted by atomic mass is 10.2. The summed E-state index contributed by atoms with van der Waals surface area (Å²) in [5.41, 5.74) is 0.620. The molecule has 2 aromatic carbocycles. The van der Waals surface area contributed by atoms with E-state index < -0.39 is 5.82 Å². The van der Waals surface area contributed by atoms with Crippen LogP contribution in [-0.2, 0) is 4.79 Å². The number of para-hydroxylation sites is 1. The fourth-order valence-electron chi connectivity index (χ4n) is 1.97. The van der Waals surface area contributed by atoms with Gasteiger partial charge in [0.1, 0.15) is 5.82 Å². The van der Waals surface area contributed by atoms with Crippen molar-refractivity contribution in [1.29, 1.82) is 0 Å². The summed E-state index contributed by atoms with van der Waals surface area (Å²) in [5, 5.41) is 13.3. The summed E-state index contributed by atoms with van der Waals surface area (Å²) in [6.07, 6.45) is 0. The van der Waals surface area contributed by atoms with E-state index in [1.165, 1.54) is 12.1 Å². The van der Waals surface area contributed by atoms with Crippen LogP contribution in [0.4, 0.5) is 15.2 Å². The second-order valence-corrected chi connectivity index (χ2v) is 8.27. The number of rotatable bonds is 6. The molecule has 0 atom stereocenters. The molecule has 2 N–H and O–H groups in total. The van der Waals surface area contributed by atoms with E-state index in [0.717, 1.165) is 27.6 Å². The zero-order valence-corrected chi connectivity index (χ0v) is 16.8. The number of anilines is 2. The number of nitrogens with one attached hydrogen (secondary N) is 2. The predicted molar refractivity (Wildman–Crippen MR) is 108 cm³/mol. The highest BCUT2D eigenvalue weighted by Gasteiger charge is 2.12. The van der Waals surface area contributed by atoms with Crippen LogP contribution in [-0.4, -0.2) is 27.8 Å². The summed E-state index contributed by atoms with van der Waals surface area (Å²) in [6, 6.07) is 12.8. The Morgan fingerprint density at radius 2 is 1.81 bits per heavy atom. The molecule has 3 rings (SSSR count). The van der Waals surface area contributed by atoms with E-state index in [1.807, 2.05) is 0 Å². The van der Waals surface area contributed by atoms with Crippen LogP contribution in [0.1, 0.15) is 10.4 Å². The highest BCUT2D eigenvalue weighted by atomic mass is 79.9. The molecule has 0 aliphatic carbocycles. The van der Waals surface area contributed by atoms with Crippen molar-refractivity contribution in [2.75, 3.05) is 16.4 Å². The lowest BCUT2D eigenvalue weighted by molar-refractivity contribution is -0.113. The molecule has 0 aliphatic rings. The molecule has 27 heavy (non-hydrogen) atoms. The van der Waals surface area contributed by atoms with Gasteiger partial charge < -0.3 is 5.32 Å². The third-order valence-corrected chi connectivity index (χ3v) is 5.71. The minimum Gasteiger partial charge on any atom is -0.323 e. The Kier molecular flexibility index (Phi) is 6.54. The third kappa shape index (κ3) is 5.59. The van der Waals surface area contributed by atoms with E-state index in [-0.39, 0.29) is 23.3 Å². The third-order valence-electron chi connectivity index (χ3n) is 3.21. The minimum absolute atomic E-state index is 0.0453. The molecule has 0 saturated heterocycles. The van der Waals surface area contributed by atoms with Crippen LogP contribution in [0.3, 0.4) is 0 Å². The van der Waals surface area contributed by atoms with Crippen molar-refractivity contribution in [3.63, 3.8) is 0 Å². The van der Waals surface area contributed by atoms with E-state index in [0.29, 0.717) is 15.0 Å². The Morgan fingerprint density at radius 1 is 1.07 bits per heavy atom. The molecule has 1 heterocycles. The average molecular weight is 467 g/mol. The fraction of sp³-hybridized carbons (Fsp3) is 0.0588. The summed E-state index contributed by atoms with van der Waals surface area (Å²) in [5.74, 6) is -1.11. The van der Waals surface area contributed by atoms with Crippen LogP contribution in [0.25, 0.3) is 0 Å². The van der Waals surface area contributed by atoms with E-state index in [1.54, 1.807) is 36.4 Å². The van der Waals surface area contributed by atoms with Crippen LogP contribution >= 0.6 is 39.0 Å². The highest BCUT2D eigenvalue weighted by Crippen LogP contribution is 2.26. The Bertz CT molecular complexity index is 966. The van der Waals surface area contributed by atoms with Crippen LogP contribution in [0, 0.1) is 5.82 Å². The van der Waals surface area contributed by atoms with Crippen LogP contribution in [0.15, 0.2) is 57.3 Å². The molecule has 0 unspecified atom stereocenters. The first kappa shape index (κ1) is 19.5. The molecule has 3 aromatic rings. The number of hydrogen-bond acceptors (Lipinski definition) is 6. The second-order valence-electron chi connectivity index (χ2n) is 5.15. The molecule has 2 amide bonds. The monoisotopic (exact) mass is 466 g/mol. The lowest BCUT2D eigenvalue weighted by Gasteiger charge is -2.04. The smallest absolute Gasteiger partial charge is 0.257 e. The van der Waals surface area contributed by atoms with E-state index in [9.17, 15) is 14.0 Å². The van der Waals surface area contributed by atoms with Crippen molar-refractivity contribution in [2.24, 2.45) is 0 Å². The number of amides is 2. The summed E-state index contributed by atoms with van der Waals surface area (Å²) in [6.45, 7) is 0. The highest BCUT2D eigenvalue weighted by molar-refractivity contribution is 9.10. The molecular formula is C17H12BrFN4O2S2. The standard InChI is InChI=1S/C17H12BrFN4O2S2/c18-11-7-5-10(6-8-11)15(25)21-16-22-23-17(27-16)26-9-14(24)20-13-4-2-1-3-12(13)19/h1-8H,9H2,(H,20,24)(H,21,22,25). The van der Waals surface area contributed by atoms with Crippen LogP contribution in [0.2, 0.25) is 0 Å². The predicted octanol–water partition coefficient (Wildman–Crippen LogP) is 4.42. The number of hydrogen-bond donors (Lipinski definition) is 2. The molecule has 1 aromatic heterocycles. The number of carbonyl (C=O) groups excluding carboxylic acids is 2. The molecule has 0 aliphatic heterocycles.